The highest BCUT2D eigenvalue weighted by atomic mass is 15.1. The van der Waals surface area contributed by atoms with Gasteiger partial charge in [-0.2, -0.15) is 4.98 Å². The molecule has 0 saturated carbocycles. The molecule has 2 heterocycles. The molecule has 2 aromatic rings. The van der Waals surface area contributed by atoms with Gasteiger partial charge in [-0.05, 0) is 17.7 Å². The fraction of sp³-hybridized carbons (Fsp3) is 0.154. The second kappa shape index (κ2) is 6.34. The van der Waals surface area contributed by atoms with Gasteiger partial charge in [0.2, 0.25) is 5.95 Å². The van der Waals surface area contributed by atoms with Gasteiger partial charge < -0.3 is 10.6 Å². The number of nitrogens with one attached hydrogen (secondary N) is 2. The SMILES string of the molecule is C=CCNc1nccc(NCc2cccnc2)n1. The fourth-order valence-corrected chi connectivity index (χ4v) is 1.40. The summed E-state index contributed by atoms with van der Waals surface area (Å²) in [6.45, 7) is 4.96. The topological polar surface area (TPSA) is 62.7 Å². The highest BCUT2D eigenvalue weighted by Gasteiger charge is 1.98. The number of aromatic nitrogens is 3. The van der Waals surface area contributed by atoms with Crippen LogP contribution in [0.25, 0.3) is 0 Å². The summed E-state index contributed by atoms with van der Waals surface area (Å²) < 4.78 is 0. The zero-order chi connectivity index (χ0) is 12.6. The minimum atomic E-state index is 0.589. The third-order valence-corrected chi connectivity index (χ3v) is 2.26. The molecule has 92 valence electrons. The molecule has 5 heteroatoms. The van der Waals surface area contributed by atoms with E-state index < -0.39 is 0 Å². The van der Waals surface area contributed by atoms with E-state index in [9.17, 15) is 0 Å². The van der Waals surface area contributed by atoms with E-state index in [0.29, 0.717) is 19.0 Å². The summed E-state index contributed by atoms with van der Waals surface area (Å²) in [6.07, 6.45) is 7.06. The molecule has 0 bridgehead atoms. The lowest BCUT2D eigenvalue weighted by Crippen LogP contribution is -2.06. The molecule has 0 aromatic carbocycles. The molecule has 0 aliphatic heterocycles. The molecule has 0 radical (unpaired) electrons. The maximum absolute atomic E-state index is 4.32. The van der Waals surface area contributed by atoms with Crippen molar-refractivity contribution in [2.75, 3.05) is 17.2 Å². The smallest absolute Gasteiger partial charge is 0.224 e. The molecule has 0 unspecified atom stereocenters. The number of pyridine rings is 1. The van der Waals surface area contributed by atoms with Gasteiger partial charge in [-0.1, -0.05) is 12.1 Å². The number of anilines is 2. The van der Waals surface area contributed by atoms with Crippen molar-refractivity contribution in [3.8, 4) is 0 Å². The Bertz CT molecular complexity index is 498. The first-order chi connectivity index (χ1) is 8.88. The summed E-state index contributed by atoms with van der Waals surface area (Å²) in [4.78, 5) is 12.5. The Morgan fingerprint density at radius 1 is 1.22 bits per heavy atom. The number of hydrogen-bond acceptors (Lipinski definition) is 5. The third kappa shape index (κ3) is 3.55. The highest BCUT2D eigenvalue weighted by Crippen LogP contribution is 2.07. The molecule has 0 saturated heterocycles. The van der Waals surface area contributed by atoms with Gasteiger partial charge in [-0.15, -0.1) is 6.58 Å². The van der Waals surface area contributed by atoms with Crippen LogP contribution in [-0.2, 0) is 6.54 Å². The van der Waals surface area contributed by atoms with E-state index in [-0.39, 0.29) is 0 Å². The third-order valence-electron chi connectivity index (χ3n) is 2.26. The summed E-state index contributed by atoms with van der Waals surface area (Å²) in [5.41, 5.74) is 1.11. The van der Waals surface area contributed by atoms with Crippen LogP contribution in [0.4, 0.5) is 11.8 Å². The van der Waals surface area contributed by atoms with E-state index in [0.717, 1.165) is 11.4 Å². The molecule has 0 aliphatic rings. The Morgan fingerprint density at radius 3 is 2.94 bits per heavy atom. The van der Waals surface area contributed by atoms with Crippen molar-refractivity contribution in [3.05, 3.63) is 55.0 Å². The van der Waals surface area contributed by atoms with Crippen LogP contribution in [0, 0.1) is 0 Å². The van der Waals surface area contributed by atoms with E-state index in [4.69, 9.17) is 0 Å². The normalized spacial score (nSPS) is 9.78. The number of hydrogen-bond donors (Lipinski definition) is 2. The Kier molecular flexibility index (Phi) is 4.24. The predicted molar refractivity (Wildman–Crippen MR) is 72.3 cm³/mol. The number of rotatable bonds is 6. The summed E-state index contributed by atoms with van der Waals surface area (Å²) in [6, 6.07) is 5.75. The molecular weight excluding hydrogens is 226 g/mol. The van der Waals surface area contributed by atoms with Crippen LogP contribution < -0.4 is 10.6 Å². The predicted octanol–water partition coefficient (Wildman–Crippen LogP) is 2.08. The average Bonchev–Trinajstić information content (AvgIpc) is 2.44. The molecule has 0 aliphatic carbocycles. The average molecular weight is 241 g/mol. The van der Waals surface area contributed by atoms with E-state index in [1.165, 1.54) is 0 Å². The number of nitrogens with zero attached hydrogens (tertiary/aromatic N) is 3. The lowest BCUT2D eigenvalue weighted by Gasteiger charge is -2.07. The first-order valence-electron chi connectivity index (χ1n) is 5.69. The van der Waals surface area contributed by atoms with Crippen LogP contribution in [0.1, 0.15) is 5.56 Å². The largest absolute Gasteiger partial charge is 0.366 e. The van der Waals surface area contributed by atoms with Gasteiger partial charge >= 0.3 is 0 Å². The van der Waals surface area contributed by atoms with Crippen molar-refractivity contribution >= 4 is 11.8 Å². The standard InChI is InChI=1S/C13H15N5/c1-2-6-15-13-16-8-5-12(18-13)17-10-11-4-3-7-14-9-11/h2-5,7-9H,1,6,10H2,(H2,15,16,17,18). The van der Waals surface area contributed by atoms with Crippen LogP contribution in [0.15, 0.2) is 49.4 Å². The van der Waals surface area contributed by atoms with Crippen LogP contribution in [-0.4, -0.2) is 21.5 Å². The van der Waals surface area contributed by atoms with E-state index in [1.54, 1.807) is 18.5 Å². The van der Waals surface area contributed by atoms with Crippen molar-refractivity contribution in [1.82, 2.24) is 15.0 Å². The van der Waals surface area contributed by atoms with Crippen LogP contribution in [0.2, 0.25) is 0 Å². The quantitative estimate of drug-likeness (QED) is 0.758. The molecule has 2 N–H and O–H groups in total. The molecule has 0 amide bonds. The van der Waals surface area contributed by atoms with Crippen LogP contribution >= 0.6 is 0 Å². The lowest BCUT2D eigenvalue weighted by molar-refractivity contribution is 1.06. The van der Waals surface area contributed by atoms with Crippen molar-refractivity contribution in [1.29, 1.82) is 0 Å². The summed E-state index contributed by atoms with van der Waals surface area (Å²) in [7, 11) is 0. The summed E-state index contributed by atoms with van der Waals surface area (Å²) >= 11 is 0. The Labute approximate surface area is 106 Å². The van der Waals surface area contributed by atoms with Gasteiger partial charge in [-0.3, -0.25) is 4.98 Å². The minimum Gasteiger partial charge on any atom is -0.366 e. The van der Waals surface area contributed by atoms with Crippen LogP contribution in [0.5, 0.6) is 0 Å². The lowest BCUT2D eigenvalue weighted by atomic mass is 10.3. The maximum atomic E-state index is 4.32. The molecule has 0 atom stereocenters. The monoisotopic (exact) mass is 241 g/mol. The summed E-state index contributed by atoms with van der Waals surface area (Å²) in [5.74, 6) is 1.37. The molecule has 0 spiro atoms. The first-order valence-corrected chi connectivity index (χ1v) is 5.69. The Morgan fingerprint density at radius 2 is 2.17 bits per heavy atom. The van der Waals surface area contributed by atoms with E-state index in [1.807, 2.05) is 24.4 Å². The van der Waals surface area contributed by atoms with Gasteiger partial charge in [-0.25, -0.2) is 4.98 Å². The first kappa shape index (κ1) is 12.0. The maximum Gasteiger partial charge on any atom is 0.224 e. The van der Waals surface area contributed by atoms with Crippen molar-refractivity contribution in [2.45, 2.75) is 6.54 Å². The Hall–Kier alpha value is -2.43. The van der Waals surface area contributed by atoms with Gasteiger partial charge in [0.1, 0.15) is 5.82 Å². The zero-order valence-electron chi connectivity index (χ0n) is 10.0. The van der Waals surface area contributed by atoms with Gasteiger partial charge in [0.15, 0.2) is 0 Å². The van der Waals surface area contributed by atoms with Gasteiger partial charge in [0.05, 0.1) is 0 Å². The second-order valence-corrected chi connectivity index (χ2v) is 3.65. The molecule has 2 rings (SSSR count). The molecule has 0 fully saturated rings. The zero-order valence-corrected chi connectivity index (χ0v) is 10.0. The van der Waals surface area contributed by atoms with E-state index in [2.05, 4.69) is 32.2 Å². The van der Waals surface area contributed by atoms with Gasteiger partial charge in [0, 0.05) is 31.7 Å². The highest BCUT2D eigenvalue weighted by molar-refractivity contribution is 5.40. The molecule has 18 heavy (non-hydrogen) atoms. The van der Waals surface area contributed by atoms with Crippen molar-refractivity contribution in [3.63, 3.8) is 0 Å². The molecule has 2 aromatic heterocycles. The van der Waals surface area contributed by atoms with Gasteiger partial charge in [0.25, 0.3) is 0 Å². The van der Waals surface area contributed by atoms with Crippen LogP contribution in [0.3, 0.4) is 0 Å². The summed E-state index contributed by atoms with van der Waals surface area (Å²) in [5, 5.41) is 6.26. The van der Waals surface area contributed by atoms with Crippen molar-refractivity contribution < 1.29 is 0 Å². The fourth-order valence-electron chi connectivity index (χ4n) is 1.40. The second-order valence-electron chi connectivity index (χ2n) is 3.65. The minimum absolute atomic E-state index is 0.589. The Balaban J connectivity index is 1.95. The molecular formula is C13H15N5. The van der Waals surface area contributed by atoms with Crippen molar-refractivity contribution in [2.24, 2.45) is 0 Å². The molecule has 5 nitrogen and oxygen atoms in total. The van der Waals surface area contributed by atoms with E-state index >= 15 is 0 Å².